The number of para-hydroxylation sites is 1. The number of aryl methyl sites for hydroxylation is 1. The van der Waals surface area contributed by atoms with E-state index in [1.807, 2.05) is 12.1 Å². The fourth-order valence-electron chi connectivity index (χ4n) is 3.27. The first-order chi connectivity index (χ1) is 14.0. The molecule has 0 atom stereocenters. The molecule has 0 aliphatic heterocycles. The monoisotopic (exact) mass is 385 g/mol. The quantitative estimate of drug-likeness (QED) is 0.304. The summed E-state index contributed by atoms with van der Waals surface area (Å²) in [6.45, 7) is 1.73. The van der Waals surface area contributed by atoms with Gasteiger partial charge in [0.15, 0.2) is 0 Å². The van der Waals surface area contributed by atoms with E-state index in [9.17, 15) is 14.9 Å². The average molecular weight is 385 g/mol. The first-order valence-electron chi connectivity index (χ1n) is 8.75. The second-order valence-electron chi connectivity index (χ2n) is 6.35. The van der Waals surface area contributed by atoms with Crippen molar-refractivity contribution >= 4 is 33.9 Å². The van der Waals surface area contributed by atoms with E-state index in [0.29, 0.717) is 39.0 Å². The molecule has 2 heterocycles. The van der Waals surface area contributed by atoms with Gasteiger partial charge in [0.05, 0.1) is 35.6 Å². The van der Waals surface area contributed by atoms with Gasteiger partial charge in [0.1, 0.15) is 11.0 Å². The van der Waals surface area contributed by atoms with Crippen molar-refractivity contribution in [3.05, 3.63) is 75.8 Å². The van der Waals surface area contributed by atoms with E-state index < -0.39 is 11.6 Å². The summed E-state index contributed by atoms with van der Waals surface area (Å²) >= 11 is 0. The van der Waals surface area contributed by atoms with E-state index in [-0.39, 0.29) is 0 Å². The molecule has 0 saturated carbocycles. The molecule has 0 fully saturated rings. The lowest BCUT2D eigenvalue weighted by Crippen LogP contribution is -2.03. The number of methoxy groups -OCH3 is 1. The van der Waals surface area contributed by atoms with Crippen LogP contribution in [0, 0.1) is 18.3 Å². The maximum Gasteiger partial charge on any atom is 0.347 e. The highest BCUT2D eigenvalue weighted by atomic mass is 16.5. The third-order valence-electron chi connectivity index (χ3n) is 4.59. The van der Waals surface area contributed by atoms with Gasteiger partial charge in [-0.05, 0) is 43.3 Å². The first kappa shape index (κ1) is 18.2. The van der Waals surface area contributed by atoms with Gasteiger partial charge in [-0.15, -0.1) is 0 Å². The Morgan fingerprint density at radius 3 is 2.83 bits per heavy atom. The second kappa shape index (κ2) is 7.09. The van der Waals surface area contributed by atoms with Gasteiger partial charge < -0.3 is 9.15 Å². The summed E-state index contributed by atoms with van der Waals surface area (Å²) in [4.78, 5) is 24.1. The third-order valence-corrected chi connectivity index (χ3v) is 4.59. The van der Waals surface area contributed by atoms with Gasteiger partial charge in [-0.25, -0.2) is 14.3 Å². The molecule has 2 aromatic carbocycles. The van der Waals surface area contributed by atoms with Gasteiger partial charge in [0, 0.05) is 17.0 Å². The zero-order valence-corrected chi connectivity index (χ0v) is 15.7. The molecule has 0 spiro atoms. The van der Waals surface area contributed by atoms with Gasteiger partial charge >= 0.3 is 11.6 Å². The smallest absolute Gasteiger partial charge is 0.347 e. The summed E-state index contributed by atoms with van der Waals surface area (Å²) in [6.07, 6.45) is 2.82. The molecular weight excluding hydrogens is 370 g/mol. The van der Waals surface area contributed by atoms with E-state index in [1.54, 1.807) is 48.0 Å². The molecular formula is C22H15N3O4. The molecule has 7 heteroatoms. The molecule has 7 nitrogen and oxygen atoms in total. The van der Waals surface area contributed by atoms with Crippen LogP contribution in [-0.2, 0) is 9.53 Å². The van der Waals surface area contributed by atoms with Crippen LogP contribution in [0.1, 0.15) is 16.8 Å². The van der Waals surface area contributed by atoms with E-state index in [1.165, 1.54) is 13.2 Å². The van der Waals surface area contributed by atoms with Gasteiger partial charge in [0.2, 0.25) is 0 Å². The topological polar surface area (TPSA) is 98.1 Å². The second-order valence-corrected chi connectivity index (χ2v) is 6.35. The van der Waals surface area contributed by atoms with Gasteiger partial charge in [-0.3, -0.25) is 0 Å². The molecule has 2 aromatic heterocycles. The number of rotatable bonds is 3. The molecule has 0 bridgehead atoms. The summed E-state index contributed by atoms with van der Waals surface area (Å²) in [7, 11) is 1.29. The minimum absolute atomic E-state index is 0.385. The van der Waals surface area contributed by atoms with Crippen molar-refractivity contribution in [1.82, 2.24) is 9.78 Å². The van der Waals surface area contributed by atoms with E-state index in [0.717, 1.165) is 5.39 Å². The van der Waals surface area contributed by atoms with Gasteiger partial charge in [-0.2, -0.15) is 10.4 Å². The van der Waals surface area contributed by atoms with Crippen LogP contribution in [-0.4, -0.2) is 22.9 Å². The Morgan fingerprint density at radius 2 is 2.07 bits per heavy atom. The Morgan fingerprint density at radius 1 is 1.28 bits per heavy atom. The Hall–Kier alpha value is -4.18. The molecule has 0 saturated heterocycles. The molecule has 0 aliphatic carbocycles. The number of aromatic nitrogens is 2. The average Bonchev–Trinajstić information content (AvgIpc) is 3.09. The zero-order chi connectivity index (χ0) is 20.5. The summed E-state index contributed by atoms with van der Waals surface area (Å²) < 4.78 is 11.7. The van der Waals surface area contributed by atoms with Crippen LogP contribution in [0.15, 0.2) is 57.8 Å². The molecule has 4 rings (SSSR count). The number of hydrogen-bond acceptors (Lipinski definition) is 6. The van der Waals surface area contributed by atoms with Crippen LogP contribution < -0.4 is 5.63 Å². The van der Waals surface area contributed by atoms with Crippen molar-refractivity contribution in [2.24, 2.45) is 0 Å². The maximum atomic E-state index is 12.6. The highest BCUT2D eigenvalue weighted by Gasteiger charge is 2.19. The number of nitriles is 1. The number of ether oxygens (including phenoxy) is 1. The highest BCUT2D eigenvalue weighted by molar-refractivity contribution is 6.04. The Balaban J connectivity index is 2.08. The summed E-state index contributed by atoms with van der Waals surface area (Å²) in [5.41, 5.74) is 2.72. The summed E-state index contributed by atoms with van der Waals surface area (Å²) in [6, 6.07) is 14.3. The number of carbonyl (C=O) groups excluding carboxylic acids is 1. The predicted octanol–water partition coefficient (Wildman–Crippen LogP) is 3.50. The summed E-state index contributed by atoms with van der Waals surface area (Å²) in [5, 5.41) is 14.9. The first-order valence-corrected chi connectivity index (χ1v) is 8.75. The van der Waals surface area contributed by atoms with Crippen molar-refractivity contribution < 1.29 is 13.9 Å². The molecule has 29 heavy (non-hydrogen) atoms. The van der Waals surface area contributed by atoms with Crippen LogP contribution in [0.5, 0.6) is 0 Å². The Labute approximate surface area is 165 Å². The van der Waals surface area contributed by atoms with Crippen LogP contribution >= 0.6 is 0 Å². The van der Waals surface area contributed by atoms with E-state index >= 15 is 0 Å². The fraction of sp³-hybridized carbons (Fsp3) is 0.0909. The number of nitrogens with zero attached hydrogens (tertiary/aromatic N) is 3. The minimum Gasteiger partial charge on any atom is -0.466 e. The van der Waals surface area contributed by atoms with Crippen molar-refractivity contribution in [3.63, 3.8) is 0 Å². The van der Waals surface area contributed by atoms with Gasteiger partial charge in [0.25, 0.3) is 0 Å². The Kier molecular flexibility index (Phi) is 4.45. The number of fused-ring (bicyclic) bond motifs is 3. The molecule has 4 aromatic rings. The number of esters is 1. The van der Waals surface area contributed by atoms with E-state index in [2.05, 4.69) is 15.9 Å². The Bertz CT molecular complexity index is 1400. The molecule has 142 valence electrons. The van der Waals surface area contributed by atoms with Crippen LogP contribution in [0.3, 0.4) is 0 Å². The molecule has 0 aliphatic rings. The highest BCUT2D eigenvalue weighted by Crippen LogP contribution is 2.29. The molecule has 0 amide bonds. The normalized spacial score (nSPS) is 11.2. The third kappa shape index (κ3) is 3.07. The number of benzene rings is 2. The summed E-state index contributed by atoms with van der Waals surface area (Å²) in [5.74, 6) is -0.522. The van der Waals surface area contributed by atoms with Gasteiger partial charge in [-0.1, -0.05) is 12.1 Å². The molecule has 0 N–H and O–H groups in total. The van der Waals surface area contributed by atoms with Crippen LogP contribution in [0.2, 0.25) is 0 Å². The maximum absolute atomic E-state index is 12.6. The standard InChI is InChI=1S/C22H15N3O4/c1-13-20-21(16-5-3-4-6-18(16)29-22(20)27)25(24-13)17-9-7-14(12-23)11-15(17)8-10-19(26)28-2/h3-11H,1-2H3/b10-8+. The predicted molar refractivity (Wildman–Crippen MR) is 108 cm³/mol. The lowest BCUT2D eigenvalue weighted by Gasteiger charge is -2.09. The number of hydrogen-bond donors (Lipinski definition) is 0. The van der Waals surface area contributed by atoms with Crippen LogP contribution in [0.25, 0.3) is 33.6 Å². The van der Waals surface area contributed by atoms with Crippen molar-refractivity contribution in [2.45, 2.75) is 6.92 Å². The van der Waals surface area contributed by atoms with Crippen molar-refractivity contribution in [3.8, 4) is 11.8 Å². The molecule has 0 unspecified atom stereocenters. The lowest BCUT2D eigenvalue weighted by atomic mass is 10.1. The van der Waals surface area contributed by atoms with Crippen molar-refractivity contribution in [1.29, 1.82) is 5.26 Å². The SMILES string of the molecule is COC(=O)/C=C/c1cc(C#N)ccc1-n1nc(C)c2c(=O)oc3ccccc3c21. The molecule has 0 radical (unpaired) electrons. The fourth-order valence-corrected chi connectivity index (χ4v) is 3.27. The zero-order valence-electron chi connectivity index (χ0n) is 15.7. The lowest BCUT2D eigenvalue weighted by molar-refractivity contribution is -0.134. The largest absolute Gasteiger partial charge is 0.466 e. The van der Waals surface area contributed by atoms with Crippen LogP contribution in [0.4, 0.5) is 0 Å². The van der Waals surface area contributed by atoms with Crippen molar-refractivity contribution in [2.75, 3.05) is 7.11 Å². The van der Waals surface area contributed by atoms with E-state index in [4.69, 9.17) is 4.42 Å². The number of carbonyl (C=O) groups is 1. The minimum atomic E-state index is -0.522.